The maximum Gasteiger partial charge on any atom is 0.271 e. The molecule has 0 saturated heterocycles. The zero-order chi connectivity index (χ0) is 17.6. The van der Waals surface area contributed by atoms with Crippen LogP contribution in [0.4, 0.5) is 0 Å². The summed E-state index contributed by atoms with van der Waals surface area (Å²) in [4.78, 5) is 24.3. The summed E-state index contributed by atoms with van der Waals surface area (Å²) in [6.07, 6.45) is 0. The Balaban J connectivity index is 1.71. The van der Waals surface area contributed by atoms with Gasteiger partial charge in [-0.05, 0) is 29.3 Å². The van der Waals surface area contributed by atoms with Crippen LogP contribution in [-0.4, -0.2) is 15.7 Å². The minimum absolute atomic E-state index is 0.199. The normalized spacial score (nSPS) is 10.4. The van der Waals surface area contributed by atoms with E-state index >= 15 is 0 Å². The Kier molecular flexibility index (Phi) is 5.26. The molecule has 1 aromatic heterocycles. The van der Waals surface area contributed by atoms with Crippen molar-refractivity contribution in [2.75, 3.05) is 0 Å². The summed E-state index contributed by atoms with van der Waals surface area (Å²) in [6, 6.07) is 19.5. The van der Waals surface area contributed by atoms with Crippen LogP contribution < -0.4 is 10.9 Å². The molecule has 0 fully saturated rings. The molecule has 5 nitrogen and oxygen atoms in total. The highest BCUT2D eigenvalue weighted by Crippen LogP contribution is 2.09. The molecular weight excluding hydrogens is 338 g/mol. The number of nitrogens with one attached hydrogen (secondary N) is 1. The van der Waals surface area contributed by atoms with Gasteiger partial charge in [0.25, 0.3) is 11.5 Å². The first-order valence-electron chi connectivity index (χ1n) is 7.76. The fourth-order valence-electron chi connectivity index (χ4n) is 2.31. The van der Waals surface area contributed by atoms with Crippen molar-refractivity contribution in [1.82, 2.24) is 15.1 Å². The highest BCUT2D eigenvalue weighted by Gasteiger charge is 2.10. The quantitative estimate of drug-likeness (QED) is 0.767. The van der Waals surface area contributed by atoms with Gasteiger partial charge in [-0.3, -0.25) is 9.59 Å². The molecule has 3 rings (SSSR count). The Hall–Kier alpha value is -2.92. The number of benzene rings is 2. The lowest BCUT2D eigenvalue weighted by Gasteiger charge is -2.08. The van der Waals surface area contributed by atoms with Crippen molar-refractivity contribution in [2.45, 2.75) is 13.1 Å². The molecule has 0 radical (unpaired) electrons. The van der Waals surface area contributed by atoms with E-state index in [1.165, 1.54) is 16.8 Å². The standard InChI is InChI=1S/C19H16ClN3O2/c20-16-8-6-14(7-9-16)12-21-19(25)17-10-11-18(24)23(22-17)13-15-4-2-1-3-5-15/h1-11H,12-13H2,(H,21,25). The lowest BCUT2D eigenvalue weighted by molar-refractivity contribution is 0.0943. The first-order chi connectivity index (χ1) is 12.1. The van der Waals surface area contributed by atoms with Gasteiger partial charge in [0.2, 0.25) is 0 Å². The van der Waals surface area contributed by atoms with Crippen molar-refractivity contribution in [3.05, 3.63) is 98.9 Å². The topological polar surface area (TPSA) is 64.0 Å². The third kappa shape index (κ3) is 4.55. The fraction of sp³-hybridized carbons (Fsp3) is 0.105. The predicted octanol–water partition coefficient (Wildman–Crippen LogP) is 2.88. The van der Waals surface area contributed by atoms with Crippen molar-refractivity contribution >= 4 is 17.5 Å². The molecule has 0 atom stereocenters. The average Bonchev–Trinajstić information content (AvgIpc) is 2.64. The van der Waals surface area contributed by atoms with Gasteiger partial charge in [0.15, 0.2) is 0 Å². The number of carbonyl (C=O) groups excluding carboxylic acids is 1. The number of carbonyl (C=O) groups is 1. The molecule has 1 amide bonds. The van der Waals surface area contributed by atoms with Crippen LogP contribution in [0.25, 0.3) is 0 Å². The molecular formula is C19H16ClN3O2. The van der Waals surface area contributed by atoms with Crippen molar-refractivity contribution in [3.8, 4) is 0 Å². The van der Waals surface area contributed by atoms with Crippen molar-refractivity contribution in [3.63, 3.8) is 0 Å². The van der Waals surface area contributed by atoms with Crippen LogP contribution in [0.3, 0.4) is 0 Å². The summed E-state index contributed by atoms with van der Waals surface area (Å²) in [5.41, 5.74) is 1.81. The second kappa shape index (κ2) is 7.77. The largest absolute Gasteiger partial charge is 0.347 e. The first-order valence-corrected chi connectivity index (χ1v) is 8.14. The minimum atomic E-state index is -0.336. The number of aromatic nitrogens is 2. The van der Waals surface area contributed by atoms with E-state index in [9.17, 15) is 9.59 Å². The van der Waals surface area contributed by atoms with Crippen LogP contribution in [0, 0.1) is 0 Å². The first kappa shape index (κ1) is 16.9. The lowest BCUT2D eigenvalue weighted by Crippen LogP contribution is -2.29. The minimum Gasteiger partial charge on any atom is -0.347 e. The molecule has 0 bridgehead atoms. The zero-order valence-corrected chi connectivity index (χ0v) is 14.1. The third-order valence-corrected chi connectivity index (χ3v) is 3.89. The van der Waals surface area contributed by atoms with Crippen LogP contribution in [0.15, 0.2) is 71.5 Å². The Morgan fingerprint density at radius 1 is 0.960 bits per heavy atom. The van der Waals surface area contributed by atoms with E-state index in [1.54, 1.807) is 12.1 Å². The highest BCUT2D eigenvalue weighted by atomic mass is 35.5. The van der Waals surface area contributed by atoms with Gasteiger partial charge in [0.1, 0.15) is 5.69 Å². The van der Waals surface area contributed by atoms with Crippen LogP contribution >= 0.6 is 11.6 Å². The second-order valence-corrected chi connectivity index (χ2v) is 5.95. The van der Waals surface area contributed by atoms with Crippen molar-refractivity contribution in [1.29, 1.82) is 0 Å². The second-order valence-electron chi connectivity index (χ2n) is 5.51. The van der Waals surface area contributed by atoms with Gasteiger partial charge in [-0.2, -0.15) is 5.10 Å². The van der Waals surface area contributed by atoms with Crippen LogP contribution in [-0.2, 0) is 13.1 Å². The zero-order valence-electron chi connectivity index (χ0n) is 13.4. The monoisotopic (exact) mass is 353 g/mol. The van der Waals surface area contributed by atoms with Gasteiger partial charge in [-0.1, -0.05) is 54.1 Å². The molecule has 0 spiro atoms. The molecule has 0 saturated carbocycles. The molecule has 25 heavy (non-hydrogen) atoms. The van der Waals surface area contributed by atoms with Gasteiger partial charge in [-0.25, -0.2) is 4.68 Å². The molecule has 0 aliphatic rings. The van der Waals surface area contributed by atoms with Gasteiger partial charge in [-0.15, -0.1) is 0 Å². The lowest BCUT2D eigenvalue weighted by atomic mass is 10.2. The summed E-state index contributed by atoms with van der Waals surface area (Å²) in [7, 11) is 0. The van der Waals surface area contributed by atoms with Crippen LogP contribution in [0.2, 0.25) is 5.02 Å². The van der Waals surface area contributed by atoms with Gasteiger partial charge >= 0.3 is 0 Å². The predicted molar refractivity (Wildman–Crippen MR) is 96.7 cm³/mol. The summed E-state index contributed by atoms with van der Waals surface area (Å²) in [5.74, 6) is -0.336. The number of hydrogen-bond donors (Lipinski definition) is 1. The van der Waals surface area contributed by atoms with E-state index in [-0.39, 0.29) is 17.2 Å². The van der Waals surface area contributed by atoms with E-state index in [0.717, 1.165) is 11.1 Å². The number of amides is 1. The Morgan fingerprint density at radius 2 is 1.68 bits per heavy atom. The summed E-state index contributed by atoms with van der Waals surface area (Å²) in [5, 5.41) is 7.59. The van der Waals surface area contributed by atoms with Crippen molar-refractivity contribution in [2.24, 2.45) is 0 Å². The molecule has 126 valence electrons. The number of rotatable bonds is 5. The fourth-order valence-corrected chi connectivity index (χ4v) is 2.44. The van der Waals surface area contributed by atoms with E-state index in [0.29, 0.717) is 18.1 Å². The number of hydrogen-bond acceptors (Lipinski definition) is 3. The summed E-state index contributed by atoms with van der Waals surface area (Å²) < 4.78 is 1.28. The third-order valence-electron chi connectivity index (χ3n) is 3.64. The van der Waals surface area contributed by atoms with Crippen molar-refractivity contribution < 1.29 is 4.79 Å². The molecule has 2 aromatic carbocycles. The maximum atomic E-state index is 12.3. The summed E-state index contributed by atoms with van der Waals surface area (Å²) >= 11 is 5.84. The van der Waals surface area contributed by atoms with E-state index in [4.69, 9.17) is 11.6 Å². The van der Waals surface area contributed by atoms with E-state index < -0.39 is 0 Å². The van der Waals surface area contributed by atoms with Gasteiger partial charge in [0.05, 0.1) is 6.54 Å². The smallest absolute Gasteiger partial charge is 0.271 e. The van der Waals surface area contributed by atoms with E-state index in [2.05, 4.69) is 10.4 Å². The van der Waals surface area contributed by atoms with Gasteiger partial charge in [0, 0.05) is 17.6 Å². The number of nitrogens with zero attached hydrogens (tertiary/aromatic N) is 2. The molecule has 6 heteroatoms. The molecule has 1 heterocycles. The molecule has 1 N–H and O–H groups in total. The Morgan fingerprint density at radius 3 is 2.40 bits per heavy atom. The SMILES string of the molecule is O=C(NCc1ccc(Cl)cc1)c1ccc(=O)n(Cc2ccccc2)n1. The maximum absolute atomic E-state index is 12.3. The molecule has 0 unspecified atom stereocenters. The average molecular weight is 354 g/mol. The van der Waals surface area contributed by atoms with Gasteiger partial charge < -0.3 is 5.32 Å². The molecule has 0 aliphatic carbocycles. The molecule has 0 aliphatic heterocycles. The molecule has 3 aromatic rings. The number of halogens is 1. The Labute approximate surface area is 149 Å². The summed E-state index contributed by atoms with van der Waals surface area (Å²) in [6.45, 7) is 0.674. The van der Waals surface area contributed by atoms with E-state index in [1.807, 2.05) is 42.5 Å². The highest BCUT2D eigenvalue weighted by molar-refractivity contribution is 6.30. The Bertz CT molecular complexity index is 921. The van der Waals surface area contributed by atoms with Crippen LogP contribution in [0.1, 0.15) is 21.6 Å². The van der Waals surface area contributed by atoms with Crippen LogP contribution in [0.5, 0.6) is 0 Å².